The van der Waals surface area contributed by atoms with Crippen LogP contribution in [0.3, 0.4) is 0 Å². The van der Waals surface area contributed by atoms with Gasteiger partial charge in [0.15, 0.2) is 0 Å². The quantitative estimate of drug-likeness (QED) is 0.630. The van der Waals surface area contributed by atoms with Crippen LogP contribution in [-0.4, -0.2) is 48.7 Å². The Labute approximate surface area is 165 Å². The number of benzene rings is 2. The summed E-state index contributed by atoms with van der Waals surface area (Å²) in [5, 5.41) is 14.1. The topological polar surface area (TPSA) is 60.2 Å². The van der Waals surface area contributed by atoms with E-state index in [1.807, 2.05) is 18.2 Å². The fraction of sp³-hybridized carbons (Fsp3) is 0.391. The summed E-state index contributed by atoms with van der Waals surface area (Å²) in [4.78, 5) is 0. The first-order chi connectivity index (χ1) is 13.7. The lowest BCUT2D eigenvalue weighted by Crippen LogP contribution is -2.88. The maximum absolute atomic E-state index is 10.7. The lowest BCUT2D eigenvalue weighted by atomic mass is 10.1. The third-order valence-corrected chi connectivity index (χ3v) is 5.48. The summed E-state index contributed by atoms with van der Waals surface area (Å²) in [6.45, 7) is 3.04. The molecule has 0 radical (unpaired) electrons. The van der Waals surface area contributed by atoms with Gasteiger partial charge in [-0.25, -0.2) is 0 Å². The smallest absolute Gasteiger partial charge is 0.121 e. The number of nitrogens with zero attached hydrogens (tertiary/aromatic N) is 1. The molecule has 3 aromatic rings. The van der Waals surface area contributed by atoms with Gasteiger partial charge in [0, 0.05) is 23.2 Å². The second kappa shape index (κ2) is 8.78. The average molecular weight is 381 g/mol. The van der Waals surface area contributed by atoms with Crippen LogP contribution in [0.1, 0.15) is 12.8 Å². The molecule has 0 bridgehead atoms. The number of aromatic nitrogens is 1. The summed E-state index contributed by atoms with van der Waals surface area (Å²) in [6.07, 6.45) is 2.21. The van der Waals surface area contributed by atoms with Crippen molar-refractivity contribution in [1.82, 2.24) is 4.57 Å². The van der Waals surface area contributed by atoms with Gasteiger partial charge in [-0.15, -0.1) is 0 Å². The molecule has 4 rings (SSSR count). The molecular formula is C23H29N2O3+. The molecule has 1 aromatic heterocycles. The third kappa shape index (κ3) is 4.22. The van der Waals surface area contributed by atoms with Crippen molar-refractivity contribution < 1.29 is 19.9 Å². The zero-order valence-corrected chi connectivity index (χ0v) is 16.4. The normalized spacial score (nSPS) is 17.9. The van der Waals surface area contributed by atoms with Crippen molar-refractivity contribution in [3.8, 4) is 17.0 Å². The Kier molecular flexibility index (Phi) is 5.95. The number of quaternary nitrogens is 1. The zero-order chi connectivity index (χ0) is 19.3. The van der Waals surface area contributed by atoms with E-state index in [0.29, 0.717) is 19.2 Å². The molecule has 1 aliphatic rings. The maximum atomic E-state index is 10.7. The largest absolute Gasteiger partial charge is 0.497 e. The van der Waals surface area contributed by atoms with Crippen LogP contribution in [0.5, 0.6) is 5.75 Å². The van der Waals surface area contributed by atoms with E-state index in [2.05, 4.69) is 46.3 Å². The summed E-state index contributed by atoms with van der Waals surface area (Å²) in [5.74, 6) is 0.843. The van der Waals surface area contributed by atoms with E-state index < -0.39 is 6.10 Å². The van der Waals surface area contributed by atoms with Crippen molar-refractivity contribution in [3.63, 3.8) is 0 Å². The molecule has 0 spiro atoms. The molecule has 2 atom stereocenters. The minimum atomic E-state index is -0.422. The van der Waals surface area contributed by atoms with Gasteiger partial charge >= 0.3 is 0 Å². The molecule has 1 fully saturated rings. The van der Waals surface area contributed by atoms with E-state index >= 15 is 0 Å². The predicted octanol–water partition coefficient (Wildman–Crippen LogP) is 2.42. The van der Waals surface area contributed by atoms with Crippen molar-refractivity contribution >= 4 is 10.9 Å². The summed E-state index contributed by atoms with van der Waals surface area (Å²) in [6, 6.07) is 18.6. The number of methoxy groups -OCH3 is 1. The number of nitrogens with two attached hydrogens (primary N) is 1. The molecule has 5 heteroatoms. The molecule has 0 unspecified atom stereocenters. The fourth-order valence-electron chi connectivity index (χ4n) is 4.00. The third-order valence-electron chi connectivity index (χ3n) is 5.48. The Balaban J connectivity index is 1.52. The molecule has 0 saturated carbocycles. The van der Waals surface area contributed by atoms with Gasteiger partial charge in [-0.1, -0.05) is 18.2 Å². The Morgan fingerprint density at radius 1 is 1.21 bits per heavy atom. The minimum absolute atomic E-state index is 0.342. The second-order valence-corrected chi connectivity index (χ2v) is 7.48. The Bertz CT molecular complexity index is 898. The molecule has 1 aliphatic heterocycles. The van der Waals surface area contributed by atoms with Gasteiger partial charge in [-0.3, -0.25) is 0 Å². The number of hydrogen-bond donors (Lipinski definition) is 2. The van der Waals surface area contributed by atoms with Crippen LogP contribution < -0.4 is 10.1 Å². The van der Waals surface area contributed by atoms with Crippen LogP contribution >= 0.6 is 0 Å². The second-order valence-electron chi connectivity index (χ2n) is 7.48. The molecule has 2 heterocycles. The SMILES string of the molecule is COc1ccc(-c2cc3ccccc3n2C[C@@H](O)C[NH2+]C[C@H]2CCCO2)cc1. The van der Waals surface area contributed by atoms with Crippen LogP contribution in [0.25, 0.3) is 22.2 Å². The first kappa shape index (κ1) is 19.0. The first-order valence-electron chi connectivity index (χ1n) is 10.1. The number of rotatable bonds is 8. The van der Waals surface area contributed by atoms with Gasteiger partial charge in [0.1, 0.15) is 31.0 Å². The number of aliphatic hydroxyl groups is 1. The molecule has 2 aromatic carbocycles. The molecule has 1 saturated heterocycles. The van der Waals surface area contributed by atoms with Crippen molar-refractivity contribution in [1.29, 1.82) is 0 Å². The number of para-hydroxylation sites is 1. The maximum Gasteiger partial charge on any atom is 0.121 e. The van der Waals surface area contributed by atoms with E-state index in [1.54, 1.807) is 7.11 Å². The van der Waals surface area contributed by atoms with Gasteiger partial charge < -0.3 is 24.5 Å². The van der Waals surface area contributed by atoms with Crippen molar-refractivity contribution in [3.05, 3.63) is 54.6 Å². The van der Waals surface area contributed by atoms with Gasteiger partial charge in [0.2, 0.25) is 0 Å². The van der Waals surface area contributed by atoms with E-state index in [-0.39, 0.29) is 0 Å². The van der Waals surface area contributed by atoms with E-state index in [1.165, 1.54) is 5.39 Å². The number of ether oxygens (including phenoxy) is 2. The molecule has 148 valence electrons. The van der Waals surface area contributed by atoms with Crippen molar-refractivity contribution in [2.75, 3.05) is 26.8 Å². The van der Waals surface area contributed by atoms with Crippen LogP contribution in [0.2, 0.25) is 0 Å². The number of hydrogen-bond acceptors (Lipinski definition) is 3. The van der Waals surface area contributed by atoms with Crippen molar-refractivity contribution in [2.45, 2.75) is 31.6 Å². The predicted molar refractivity (Wildman–Crippen MR) is 111 cm³/mol. The van der Waals surface area contributed by atoms with Gasteiger partial charge in [-0.05, 0) is 54.8 Å². The number of fused-ring (bicyclic) bond motifs is 1. The monoisotopic (exact) mass is 381 g/mol. The molecular weight excluding hydrogens is 352 g/mol. The summed E-state index contributed by atoms with van der Waals surface area (Å²) in [7, 11) is 1.68. The highest BCUT2D eigenvalue weighted by atomic mass is 16.5. The minimum Gasteiger partial charge on any atom is -0.497 e. The lowest BCUT2D eigenvalue weighted by Gasteiger charge is -2.16. The Morgan fingerprint density at radius 3 is 2.79 bits per heavy atom. The van der Waals surface area contributed by atoms with Gasteiger partial charge in [-0.2, -0.15) is 0 Å². The zero-order valence-electron chi connectivity index (χ0n) is 16.4. The van der Waals surface area contributed by atoms with E-state index in [0.717, 1.165) is 48.5 Å². The Hall–Kier alpha value is -2.34. The molecule has 5 nitrogen and oxygen atoms in total. The highest BCUT2D eigenvalue weighted by Crippen LogP contribution is 2.29. The van der Waals surface area contributed by atoms with Crippen LogP contribution in [-0.2, 0) is 11.3 Å². The molecule has 3 N–H and O–H groups in total. The van der Waals surface area contributed by atoms with Crippen LogP contribution in [0.15, 0.2) is 54.6 Å². The number of aliphatic hydroxyl groups excluding tert-OH is 1. The summed E-state index contributed by atoms with van der Waals surface area (Å²) in [5.41, 5.74) is 3.38. The lowest BCUT2D eigenvalue weighted by molar-refractivity contribution is -0.666. The van der Waals surface area contributed by atoms with Gasteiger partial charge in [0.25, 0.3) is 0 Å². The summed E-state index contributed by atoms with van der Waals surface area (Å²) < 4.78 is 13.2. The van der Waals surface area contributed by atoms with E-state index in [9.17, 15) is 5.11 Å². The standard InChI is InChI=1S/C23H28N2O3/c1-27-20-10-8-17(9-11-20)23-13-18-5-2-3-7-22(18)25(23)16-19(26)14-24-15-21-6-4-12-28-21/h2-3,5,7-11,13,19,21,24,26H,4,6,12,14-16H2,1H3/p+1/t19-,21+/m0/s1. The fourth-order valence-corrected chi connectivity index (χ4v) is 4.00. The molecule has 0 amide bonds. The first-order valence-corrected chi connectivity index (χ1v) is 10.1. The van der Waals surface area contributed by atoms with Crippen molar-refractivity contribution in [2.24, 2.45) is 0 Å². The van der Waals surface area contributed by atoms with E-state index in [4.69, 9.17) is 9.47 Å². The summed E-state index contributed by atoms with van der Waals surface area (Å²) >= 11 is 0. The van der Waals surface area contributed by atoms with Crippen LogP contribution in [0, 0.1) is 0 Å². The molecule has 0 aliphatic carbocycles. The highest BCUT2D eigenvalue weighted by Gasteiger charge is 2.19. The highest BCUT2D eigenvalue weighted by molar-refractivity contribution is 5.87. The van der Waals surface area contributed by atoms with Gasteiger partial charge in [0.05, 0.1) is 13.7 Å². The van der Waals surface area contributed by atoms with Crippen LogP contribution in [0.4, 0.5) is 0 Å². The Morgan fingerprint density at radius 2 is 2.04 bits per heavy atom. The average Bonchev–Trinajstić information content (AvgIpc) is 3.36. The molecule has 28 heavy (non-hydrogen) atoms.